The van der Waals surface area contributed by atoms with Crippen molar-refractivity contribution in [3.05, 3.63) is 22.9 Å². The van der Waals surface area contributed by atoms with Crippen molar-refractivity contribution in [2.24, 2.45) is 0 Å². The molecule has 0 spiro atoms. The second-order valence-corrected chi connectivity index (χ2v) is 4.17. The van der Waals surface area contributed by atoms with Crippen LogP contribution < -0.4 is 4.90 Å². The molecule has 0 unspecified atom stereocenters. The van der Waals surface area contributed by atoms with E-state index in [9.17, 15) is 5.11 Å². The molecule has 1 N–H and O–H groups in total. The molecular weight excluding hydrogens is 232 g/mol. The fourth-order valence-electron chi connectivity index (χ4n) is 1.55. The van der Waals surface area contributed by atoms with E-state index < -0.39 is 0 Å². The molecule has 0 bridgehead atoms. The summed E-state index contributed by atoms with van der Waals surface area (Å²) in [4.78, 5) is 6.22. The standard InChI is InChI=1S/C9H11BrN2O/c10-7-3-8(5-11-4-7)12-2-1-9(13)6-12/h3-5,9,13H,1-2,6H2/t9-/m0/s1. The highest BCUT2D eigenvalue weighted by Crippen LogP contribution is 2.22. The van der Waals surface area contributed by atoms with Crippen LogP contribution in [-0.2, 0) is 0 Å². The van der Waals surface area contributed by atoms with Crippen molar-refractivity contribution >= 4 is 21.6 Å². The molecule has 1 fully saturated rings. The Hall–Kier alpha value is -0.610. The Bertz CT molecular complexity index is 305. The minimum absolute atomic E-state index is 0.181. The number of aliphatic hydroxyl groups excluding tert-OH is 1. The van der Waals surface area contributed by atoms with Crippen molar-refractivity contribution in [2.45, 2.75) is 12.5 Å². The van der Waals surface area contributed by atoms with Crippen molar-refractivity contribution in [1.82, 2.24) is 4.98 Å². The van der Waals surface area contributed by atoms with Crippen LogP contribution in [0.25, 0.3) is 0 Å². The molecule has 1 saturated heterocycles. The summed E-state index contributed by atoms with van der Waals surface area (Å²) in [5, 5.41) is 9.36. The maximum absolute atomic E-state index is 9.36. The van der Waals surface area contributed by atoms with Crippen LogP contribution in [0, 0.1) is 0 Å². The molecule has 1 aromatic heterocycles. The summed E-state index contributed by atoms with van der Waals surface area (Å²) in [5.41, 5.74) is 1.07. The highest BCUT2D eigenvalue weighted by Gasteiger charge is 2.20. The first kappa shape index (κ1) is 8.97. The Morgan fingerprint density at radius 2 is 2.38 bits per heavy atom. The van der Waals surface area contributed by atoms with Gasteiger partial charge in [-0.2, -0.15) is 0 Å². The predicted octanol–water partition coefficient (Wildman–Crippen LogP) is 1.42. The van der Waals surface area contributed by atoms with Gasteiger partial charge >= 0.3 is 0 Å². The van der Waals surface area contributed by atoms with E-state index in [0.29, 0.717) is 0 Å². The van der Waals surface area contributed by atoms with Gasteiger partial charge < -0.3 is 10.0 Å². The number of aromatic nitrogens is 1. The van der Waals surface area contributed by atoms with Gasteiger partial charge in [-0.15, -0.1) is 0 Å². The van der Waals surface area contributed by atoms with Gasteiger partial charge in [-0.05, 0) is 28.4 Å². The minimum Gasteiger partial charge on any atom is -0.391 e. The third-order valence-electron chi connectivity index (χ3n) is 2.22. The van der Waals surface area contributed by atoms with Gasteiger partial charge in [-0.3, -0.25) is 4.98 Å². The lowest BCUT2D eigenvalue weighted by molar-refractivity contribution is 0.198. The number of rotatable bonds is 1. The Morgan fingerprint density at radius 3 is 3.00 bits per heavy atom. The maximum atomic E-state index is 9.36. The predicted molar refractivity (Wildman–Crippen MR) is 54.8 cm³/mol. The Kier molecular flexibility index (Phi) is 2.51. The number of hydrogen-bond donors (Lipinski definition) is 1. The molecule has 0 saturated carbocycles. The molecule has 1 aliphatic rings. The third-order valence-corrected chi connectivity index (χ3v) is 2.65. The van der Waals surface area contributed by atoms with Crippen molar-refractivity contribution in [3.8, 4) is 0 Å². The number of halogens is 1. The van der Waals surface area contributed by atoms with Crippen molar-refractivity contribution < 1.29 is 5.11 Å². The molecule has 3 nitrogen and oxygen atoms in total. The fraction of sp³-hybridized carbons (Fsp3) is 0.444. The lowest BCUT2D eigenvalue weighted by Crippen LogP contribution is -2.21. The van der Waals surface area contributed by atoms with Crippen molar-refractivity contribution in [3.63, 3.8) is 0 Å². The van der Waals surface area contributed by atoms with Gasteiger partial charge in [0.05, 0.1) is 18.0 Å². The van der Waals surface area contributed by atoms with Crippen LogP contribution >= 0.6 is 15.9 Å². The third kappa shape index (κ3) is 2.00. The van der Waals surface area contributed by atoms with Crippen LogP contribution in [0.2, 0.25) is 0 Å². The number of hydrogen-bond acceptors (Lipinski definition) is 3. The van der Waals surface area contributed by atoms with Gasteiger partial charge in [-0.25, -0.2) is 0 Å². The smallest absolute Gasteiger partial charge is 0.0731 e. The van der Waals surface area contributed by atoms with Crippen LogP contribution in [0.1, 0.15) is 6.42 Å². The average Bonchev–Trinajstić information content (AvgIpc) is 2.52. The minimum atomic E-state index is -0.181. The molecule has 2 rings (SSSR count). The topological polar surface area (TPSA) is 36.4 Å². The molecule has 13 heavy (non-hydrogen) atoms. The summed E-state index contributed by atoms with van der Waals surface area (Å²) in [7, 11) is 0. The first-order chi connectivity index (χ1) is 6.25. The molecule has 0 amide bonds. The van der Waals surface area contributed by atoms with E-state index >= 15 is 0 Å². The second kappa shape index (κ2) is 3.64. The second-order valence-electron chi connectivity index (χ2n) is 3.25. The molecule has 0 aliphatic carbocycles. The summed E-state index contributed by atoms with van der Waals surface area (Å²) in [6.45, 7) is 1.64. The molecule has 70 valence electrons. The summed E-state index contributed by atoms with van der Waals surface area (Å²) in [6, 6.07) is 2.02. The zero-order valence-corrected chi connectivity index (χ0v) is 8.74. The van der Waals surface area contributed by atoms with Crippen LogP contribution in [-0.4, -0.2) is 29.3 Å². The van der Waals surface area contributed by atoms with E-state index in [1.165, 1.54) is 0 Å². The summed E-state index contributed by atoms with van der Waals surface area (Å²) in [6.07, 6.45) is 4.25. The number of aliphatic hydroxyl groups is 1. The molecule has 0 aromatic carbocycles. The fourth-order valence-corrected chi connectivity index (χ4v) is 1.90. The molecule has 1 aromatic rings. The summed E-state index contributed by atoms with van der Waals surface area (Å²) < 4.78 is 0.978. The van der Waals surface area contributed by atoms with E-state index in [2.05, 4.69) is 25.8 Å². The molecule has 1 atom stereocenters. The molecule has 1 aliphatic heterocycles. The van der Waals surface area contributed by atoms with Gasteiger partial charge in [0.2, 0.25) is 0 Å². The quantitative estimate of drug-likeness (QED) is 0.810. The van der Waals surface area contributed by atoms with Crippen LogP contribution in [0.3, 0.4) is 0 Å². The first-order valence-electron chi connectivity index (χ1n) is 4.29. The molecule has 2 heterocycles. The van der Waals surface area contributed by atoms with Gasteiger partial charge in [0, 0.05) is 23.8 Å². The van der Waals surface area contributed by atoms with Gasteiger partial charge in [-0.1, -0.05) is 0 Å². The lowest BCUT2D eigenvalue weighted by atomic mass is 10.3. The number of β-amino-alcohol motifs (C(OH)–C–C–N with tert-alkyl or cyclic N) is 1. The van der Waals surface area contributed by atoms with E-state index in [1.807, 2.05) is 12.3 Å². The highest BCUT2D eigenvalue weighted by atomic mass is 79.9. The normalized spacial score (nSPS) is 22.3. The van der Waals surface area contributed by atoms with Gasteiger partial charge in [0.15, 0.2) is 0 Å². The SMILES string of the molecule is O[C@H]1CCN(c2cncc(Br)c2)C1. The van der Waals surface area contributed by atoms with Gasteiger partial charge in [0.1, 0.15) is 0 Å². The average molecular weight is 243 g/mol. The van der Waals surface area contributed by atoms with E-state index in [-0.39, 0.29) is 6.10 Å². The zero-order valence-electron chi connectivity index (χ0n) is 7.15. The number of nitrogens with zero attached hydrogens (tertiary/aromatic N) is 2. The lowest BCUT2D eigenvalue weighted by Gasteiger charge is -2.16. The molecule has 4 heteroatoms. The zero-order chi connectivity index (χ0) is 9.26. The van der Waals surface area contributed by atoms with E-state index in [1.54, 1.807) is 6.20 Å². The van der Waals surface area contributed by atoms with Crippen LogP contribution in [0.15, 0.2) is 22.9 Å². The monoisotopic (exact) mass is 242 g/mol. The number of anilines is 1. The summed E-state index contributed by atoms with van der Waals surface area (Å²) >= 11 is 3.37. The molecular formula is C9H11BrN2O. The molecule has 0 radical (unpaired) electrons. The number of pyridine rings is 1. The Morgan fingerprint density at radius 1 is 1.54 bits per heavy atom. The van der Waals surface area contributed by atoms with E-state index in [4.69, 9.17) is 0 Å². The summed E-state index contributed by atoms with van der Waals surface area (Å²) in [5.74, 6) is 0. The Balaban J connectivity index is 2.16. The largest absolute Gasteiger partial charge is 0.391 e. The van der Waals surface area contributed by atoms with Gasteiger partial charge in [0.25, 0.3) is 0 Å². The van der Waals surface area contributed by atoms with Crippen LogP contribution in [0.4, 0.5) is 5.69 Å². The maximum Gasteiger partial charge on any atom is 0.0731 e. The van der Waals surface area contributed by atoms with Crippen LogP contribution in [0.5, 0.6) is 0 Å². The van der Waals surface area contributed by atoms with Crippen molar-refractivity contribution in [1.29, 1.82) is 0 Å². The van der Waals surface area contributed by atoms with Crippen molar-refractivity contribution in [2.75, 3.05) is 18.0 Å². The first-order valence-corrected chi connectivity index (χ1v) is 5.08. The Labute approximate surface area is 85.5 Å². The van der Waals surface area contributed by atoms with E-state index in [0.717, 1.165) is 29.7 Å². The highest BCUT2D eigenvalue weighted by molar-refractivity contribution is 9.10.